The summed E-state index contributed by atoms with van der Waals surface area (Å²) < 4.78 is 12.0. The molecule has 0 aliphatic carbocycles. The van der Waals surface area contributed by atoms with Gasteiger partial charge < -0.3 is 19.7 Å². The molecule has 0 spiro atoms. The maximum absolute atomic E-state index is 12.9. The number of ether oxygens (including phenoxy) is 2. The Bertz CT molecular complexity index is 1310. The van der Waals surface area contributed by atoms with Gasteiger partial charge in [0.05, 0.1) is 12.3 Å². The van der Waals surface area contributed by atoms with Crippen LogP contribution in [-0.2, 0) is 6.54 Å². The number of fused-ring (bicyclic) bond motifs is 1. The predicted molar refractivity (Wildman–Crippen MR) is 146 cm³/mol. The van der Waals surface area contributed by atoms with E-state index in [1.165, 1.54) is 4.90 Å². The number of thioether (sulfide) groups is 1. The van der Waals surface area contributed by atoms with Crippen molar-refractivity contribution in [3.8, 4) is 17.2 Å². The summed E-state index contributed by atoms with van der Waals surface area (Å²) in [5, 5.41) is 3.02. The van der Waals surface area contributed by atoms with Gasteiger partial charge in [-0.1, -0.05) is 30.3 Å². The molecule has 1 amide bonds. The molecule has 0 fully saturated rings. The molecule has 4 aromatic carbocycles. The zero-order valence-corrected chi connectivity index (χ0v) is 21.0. The summed E-state index contributed by atoms with van der Waals surface area (Å²) >= 11 is 1.70. The molecule has 36 heavy (non-hydrogen) atoms. The van der Waals surface area contributed by atoms with E-state index >= 15 is 0 Å². The summed E-state index contributed by atoms with van der Waals surface area (Å²) in [7, 11) is 0. The zero-order chi connectivity index (χ0) is 24.7. The average Bonchev–Trinajstić information content (AvgIpc) is 3.15. The molecule has 1 N–H and O–H groups in total. The second-order valence-electron chi connectivity index (χ2n) is 8.48. The maximum Gasteiger partial charge on any atom is 0.251 e. The third kappa shape index (κ3) is 5.66. The van der Waals surface area contributed by atoms with Crippen molar-refractivity contribution in [3.05, 3.63) is 108 Å². The van der Waals surface area contributed by atoms with Crippen LogP contribution in [0.5, 0.6) is 17.2 Å². The van der Waals surface area contributed by atoms with Crippen LogP contribution < -0.4 is 19.7 Å². The average molecular weight is 497 g/mol. The van der Waals surface area contributed by atoms with E-state index in [1.807, 2.05) is 79.1 Å². The number of hydrogen-bond donors (Lipinski definition) is 1. The van der Waals surface area contributed by atoms with Crippen molar-refractivity contribution in [1.29, 1.82) is 0 Å². The van der Waals surface area contributed by atoms with E-state index in [2.05, 4.69) is 34.5 Å². The minimum atomic E-state index is -0.117. The number of amides is 1. The molecule has 1 aliphatic rings. The van der Waals surface area contributed by atoms with Gasteiger partial charge in [-0.2, -0.15) is 0 Å². The number of hydrogen-bond acceptors (Lipinski definition) is 5. The smallest absolute Gasteiger partial charge is 0.251 e. The van der Waals surface area contributed by atoms with Gasteiger partial charge in [0.15, 0.2) is 0 Å². The van der Waals surface area contributed by atoms with Crippen molar-refractivity contribution in [2.45, 2.75) is 17.9 Å². The summed E-state index contributed by atoms with van der Waals surface area (Å²) in [6.45, 7) is 1.91. The Morgan fingerprint density at radius 3 is 2.44 bits per heavy atom. The number of nitrogens with one attached hydrogen (secondary N) is 1. The van der Waals surface area contributed by atoms with Gasteiger partial charge >= 0.3 is 0 Å². The molecule has 0 unspecified atom stereocenters. The van der Waals surface area contributed by atoms with Crippen molar-refractivity contribution in [3.63, 3.8) is 0 Å². The summed E-state index contributed by atoms with van der Waals surface area (Å²) in [5.74, 6) is 2.19. The first kappa shape index (κ1) is 23.8. The summed E-state index contributed by atoms with van der Waals surface area (Å²) in [6.07, 6.45) is 2.93. The topological polar surface area (TPSA) is 50.8 Å². The molecule has 0 bridgehead atoms. The molecule has 5 rings (SSSR count). The Labute approximate surface area is 216 Å². The maximum atomic E-state index is 12.9. The molecular weight excluding hydrogens is 468 g/mol. The number of para-hydroxylation sites is 1. The van der Waals surface area contributed by atoms with Crippen LogP contribution in [0, 0.1) is 0 Å². The largest absolute Gasteiger partial charge is 0.491 e. The van der Waals surface area contributed by atoms with Crippen LogP contribution in [-0.4, -0.2) is 25.3 Å². The molecule has 0 saturated heterocycles. The molecule has 0 aromatic heterocycles. The standard InChI is InChI=1S/C30H28N2O3S/c1-36-27-15-8-22(9-16-27)21-31-30(33)23-10-17-28-29(20-23)34-19-5-18-32(28)24-11-13-26(14-12-24)35-25-6-3-2-4-7-25/h2-4,6-17,20H,5,18-19,21H2,1H3,(H,31,33). The van der Waals surface area contributed by atoms with Crippen molar-refractivity contribution >= 4 is 29.0 Å². The Hall–Kier alpha value is -3.90. The van der Waals surface area contributed by atoms with Gasteiger partial charge in [-0.05, 0) is 85.0 Å². The quantitative estimate of drug-likeness (QED) is 0.278. The number of benzene rings is 4. The minimum absolute atomic E-state index is 0.117. The van der Waals surface area contributed by atoms with E-state index in [4.69, 9.17) is 9.47 Å². The van der Waals surface area contributed by atoms with E-state index in [1.54, 1.807) is 11.8 Å². The molecule has 5 nitrogen and oxygen atoms in total. The molecule has 4 aromatic rings. The highest BCUT2D eigenvalue weighted by Crippen LogP contribution is 2.37. The lowest BCUT2D eigenvalue weighted by molar-refractivity contribution is 0.0950. The third-order valence-corrected chi connectivity index (χ3v) is 6.78. The van der Waals surface area contributed by atoms with Gasteiger partial charge in [0.2, 0.25) is 0 Å². The monoisotopic (exact) mass is 496 g/mol. The van der Waals surface area contributed by atoms with Crippen LogP contribution in [0.2, 0.25) is 0 Å². The molecule has 0 radical (unpaired) electrons. The van der Waals surface area contributed by atoms with Crippen LogP contribution >= 0.6 is 11.8 Å². The lowest BCUT2D eigenvalue weighted by Gasteiger charge is -2.24. The zero-order valence-electron chi connectivity index (χ0n) is 20.1. The van der Waals surface area contributed by atoms with Gasteiger partial charge in [0.25, 0.3) is 5.91 Å². The van der Waals surface area contributed by atoms with Crippen molar-refractivity contribution in [2.75, 3.05) is 24.3 Å². The fourth-order valence-corrected chi connectivity index (χ4v) is 4.54. The van der Waals surface area contributed by atoms with Crippen molar-refractivity contribution in [1.82, 2.24) is 5.32 Å². The molecule has 0 saturated carbocycles. The summed E-state index contributed by atoms with van der Waals surface area (Å²) in [6, 6.07) is 31.7. The third-order valence-electron chi connectivity index (χ3n) is 6.04. The molecule has 1 aliphatic heterocycles. The van der Waals surface area contributed by atoms with Gasteiger partial charge in [0, 0.05) is 29.2 Å². The molecular formula is C30H28N2O3S. The lowest BCUT2D eigenvalue weighted by Crippen LogP contribution is -2.23. The van der Waals surface area contributed by atoms with E-state index in [0.29, 0.717) is 24.5 Å². The number of nitrogens with zero attached hydrogens (tertiary/aromatic N) is 1. The normalized spacial score (nSPS) is 12.8. The van der Waals surface area contributed by atoms with Crippen LogP contribution in [0.4, 0.5) is 11.4 Å². The van der Waals surface area contributed by atoms with Crippen molar-refractivity contribution < 1.29 is 14.3 Å². The van der Waals surface area contributed by atoms with Crippen molar-refractivity contribution in [2.24, 2.45) is 0 Å². The summed E-state index contributed by atoms with van der Waals surface area (Å²) in [4.78, 5) is 16.3. The second kappa shape index (κ2) is 11.2. The SMILES string of the molecule is CSc1ccc(CNC(=O)c2ccc3c(c2)OCCCN3c2ccc(Oc3ccccc3)cc2)cc1. The molecule has 182 valence electrons. The summed E-state index contributed by atoms with van der Waals surface area (Å²) in [5.41, 5.74) is 3.66. The number of rotatable bonds is 7. The first-order chi connectivity index (χ1) is 17.7. The highest BCUT2D eigenvalue weighted by Gasteiger charge is 2.20. The Kier molecular flexibility index (Phi) is 7.43. The van der Waals surface area contributed by atoms with E-state index in [-0.39, 0.29) is 5.91 Å². The van der Waals surface area contributed by atoms with Crippen LogP contribution in [0.15, 0.2) is 102 Å². The Morgan fingerprint density at radius 2 is 1.69 bits per heavy atom. The minimum Gasteiger partial charge on any atom is -0.491 e. The molecule has 0 atom stereocenters. The van der Waals surface area contributed by atoms with E-state index < -0.39 is 0 Å². The van der Waals surface area contributed by atoms with Crippen LogP contribution in [0.3, 0.4) is 0 Å². The number of carbonyl (C=O) groups excluding carboxylic acids is 1. The predicted octanol–water partition coefficient (Wildman–Crippen LogP) is 7.05. The van der Waals surface area contributed by atoms with Crippen LogP contribution in [0.25, 0.3) is 0 Å². The fourth-order valence-electron chi connectivity index (χ4n) is 4.13. The Balaban J connectivity index is 1.29. The second-order valence-corrected chi connectivity index (χ2v) is 9.36. The van der Waals surface area contributed by atoms with E-state index in [0.717, 1.165) is 41.4 Å². The Morgan fingerprint density at radius 1 is 0.944 bits per heavy atom. The van der Waals surface area contributed by atoms with Crippen LogP contribution in [0.1, 0.15) is 22.3 Å². The van der Waals surface area contributed by atoms with E-state index in [9.17, 15) is 4.79 Å². The lowest BCUT2D eigenvalue weighted by atomic mass is 10.1. The first-order valence-corrected chi connectivity index (χ1v) is 13.2. The van der Waals surface area contributed by atoms with Gasteiger partial charge in [-0.3, -0.25) is 4.79 Å². The van der Waals surface area contributed by atoms with Gasteiger partial charge in [-0.15, -0.1) is 11.8 Å². The number of carbonyl (C=O) groups is 1. The highest BCUT2D eigenvalue weighted by molar-refractivity contribution is 7.98. The molecule has 1 heterocycles. The van der Waals surface area contributed by atoms with Gasteiger partial charge in [0.1, 0.15) is 17.2 Å². The first-order valence-electron chi connectivity index (χ1n) is 12.0. The highest BCUT2D eigenvalue weighted by atomic mass is 32.2. The number of anilines is 2. The van der Waals surface area contributed by atoms with Gasteiger partial charge in [-0.25, -0.2) is 0 Å². The fraction of sp³-hybridized carbons (Fsp3) is 0.167. The molecule has 6 heteroatoms.